The summed E-state index contributed by atoms with van der Waals surface area (Å²) in [5.41, 5.74) is 2.96. The van der Waals surface area contributed by atoms with Crippen LogP contribution in [0.2, 0.25) is 0 Å². The largest absolute Gasteiger partial charge is 0.465 e. The fourth-order valence-electron chi connectivity index (χ4n) is 5.49. The molecule has 0 aliphatic rings. The first-order chi connectivity index (χ1) is 20.2. The molecule has 0 fully saturated rings. The summed E-state index contributed by atoms with van der Waals surface area (Å²) < 4.78 is 40.9. The zero-order valence-electron chi connectivity index (χ0n) is 25.1. The molecular formula is C33H40N2O6S. The maximum absolute atomic E-state index is 14.5. The Bertz CT molecular complexity index is 1690. The predicted molar refractivity (Wildman–Crippen MR) is 167 cm³/mol. The Morgan fingerprint density at radius 2 is 1.48 bits per heavy atom. The minimum atomic E-state index is -4.08. The maximum Gasteiger partial charge on any atom is 0.340 e. The average Bonchev–Trinajstić information content (AvgIpc) is 3.38. The molecule has 1 aromatic heterocycles. The van der Waals surface area contributed by atoms with Crippen LogP contribution >= 0.6 is 0 Å². The summed E-state index contributed by atoms with van der Waals surface area (Å²) in [5, 5.41) is 1.32. The molecule has 0 radical (unpaired) electrons. The second kappa shape index (κ2) is 13.4. The summed E-state index contributed by atoms with van der Waals surface area (Å²) in [6.45, 7) is 6.22. The SMILES string of the molecule is CCCCCCc1c(C(=O)OC)c(C(=O)OC)c2[nH]c3ccccc3c2c1N(CCCC)S(=O)(=O)c1ccc(C)cc1. The minimum absolute atomic E-state index is 0.0375. The lowest BCUT2D eigenvalue weighted by atomic mass is 9.90. The number of sulfonamides is 1. The Labute approximate surface area is 248 Å². The van der Waals surface area contributed by atoms with E-state index in [1.54, 1.807) is 24.3 Å². The molecule has 1 N–H and O–H groups in total. The summed E-state index contributed by atoms with van der Waals surface area (Å²) in [7, 11) is -1.55. The van der Waals surface area contributed by atoms with Crippen LogP contribution in [0.25, 0.3) is 21.8 Å². The summed E-state index contributed by atoms with van der Waals surface area (Å²) in [6, 6.07) is 14.3. The molecule has 0 amide bonds. The predicted octanol–water partition coefficient (Wildman–Crippen LogP) is 7.32. The number of H-pyrrole nitrogens is 1. The Hall–Kier alpha value is -3.85. The lowest BCUT2D eigenvalue weighted by Crippen LogP contribution is -2.34. The van der Waals surface area contributed by atoms with E-state index in [1.807, 2.05) is 38.1 Å². The molecule has 0 unspecified atom stereocenters. The third kappa shape index (κ3) is 5.88. The van der Waals surface area contributed by atoms with Gasteiger partial charge in [0.25, 0.3) is 10.0 Å². The van der Waals surface area contributed by atoms with Crippen LogP contribution < -0.4 is 4.31 Å². The Morgan fingerprint density at radius 1 is 0.833 bits per heavy atom. The summed E-state index contributed by atoms with van der Waals surface area (Å²) in [4.78, 5) is 30.4. The normalized spacial score (nSPS) is 11.6. The summed E-state index contributed by atoms with van der Waals surface area (Å²) in [6.07, 6.45) is 5.31. The molecule has 42 heavy (non-hydrogen) atoms. The zero-order valence-corrected chi connectivity index (χ0v) is 25.9. The number of methoxy groups -OCH3 is 2. The standard InChI is InChI=1S/C33H40N2O6S/c1-6-8-10-11-15-25-27(32(36)40-4)29(33(37)41-5)30-28(24-14-12-13-16-26(24)34-30)31(25)35(21-9-7-2)42(38,39)23-19-17-22(3)18-20-23/h12-14,16-20,34H,6-11,15,21H2,1-5H3. The van der Waals surface area contributed by atoms with Crippen LogP contribution in [0.1, 0.15) is 84.2 Å². The van der Waals surface area contributed by atoms with Crippen molar-refractivity contribution in [3.05, 3.63) is 70.8 Å². The van der Waals surface area contributed by atoms with Gasteiger partial charge in [-0.05, 0) is 49.9 Å². The fraction of sp³-hybridized carbons (Fsp3) is 0.394. The summed E-state index contributed by atoms with van der Waals surface area (Å²) in [5.74, 6) is -1.42. The van der Waals surface area contributed by atoms with Crippen LogP contribution in [0.15, 0.2) is 53.4 Å². The smallest absolute Gasteiger partial charge is 0.340 e. The van der Waals surface area contributed by atoms with Crippen LogP contribution in [0, 0.1) is 6.92 Å². The molecule has 9 heteroatoms. The van der Waals surface area contributed by atoms with E-state index >= 15 is 0 Å². The highest BCUT2D eigenvalue weighted by molar-refractivity contribution is 7.92. The third-order valence-corrected chi connectivity index (χ3v) is 9.48. The third-order valence-electron chi connectivity index (χ3n) is 7.66. The number of ether oxygens (including phenoxy) is 2. The second-order valence-corrected chi connectivity index (χ2v) is 12.4. The molecule has 4 aromatic rings. The van der Waals surface area contributed by atoms with Gasteiger partial charge in [-0.3, -0.25) is 4.31 Å². The first kappa shape index (κ1) is 31.1. The van der Waals surface area contributed by atoms with Crippen LogP contribution in [-0.4, -0.2) is 46.1 Å². The Kier molecular flexibility index (Phi) is 9.93. The number of carbonyl (C=O) groups excluding carboxylic acids is 2. The molecule has 0 aliphatic heterocycles. The van der Waals surface area contributed by atoms with Crippen molar-refractivity contribution in [3.63, 3.8) is 0 Å². The molecule has 1 heterocycles. The monoisotopic (exact) mass is 592 g/mol. The number of hydrogen-bond donors (Lipinski definition) is 1. The molecule has 0 saturated heterocycles. The summed E-state index contributed by atoms with van der Waals surface area (Å²) >= 11 is 0. The number of benzene rings is 3. The van der Waals surface area contributed by atoms with Gasteiger partial charge in [0, 0.05) is 22.8 Å². The van der Waals surface area contributed by atoms with Gasteiger partial charge in [-0.2, -0.15) is 0 Å². The van der Waals surface area contributed by atoms with Crippen LogP contribution in [-0.2, 0) is 25.9 Å². The number of esters is 2. The van der Waals surface area contributed by atoms with E-state index in [9.17, 15) is 18.0 Å². The van der Waals surface area contributed by atoms with Crippen molar-refractivity contribution >= 4 is 49.5 Å². The van der Waals surface area contributed by atoms with Gasteiger partial charge in [-0.25, -0.2) is 18.0 Å². The molecule has 0 atom stereocenters. The van der Waals surface area contributed by atoms with Gasteiger partial charge in [0.05, 0.1) is 41.4 Å². The topological polar surface area (TPSA) is 106 Å². The molecular weight excluding hydrogens is 552 g/mol. The number of unbranched alkanes of at least 4 members (excludes halogenated alkanes) is 4. The van der Waals surface area contributed by atoms with Gasteiger partial charge < -0.3 is 14.5 Å². The van der Waals surface area contributed by atoms with E-state index < -0.39 is 22.0 Å². The molecule has 8 nitrogen and oxygen atoms in total. The number of aryl methyl sites for hydroxylation is 1. The molecule has 3 aromatic carbocycles. The van der Waals surface area contributed by atoms with E-state index in [1.165, 1.54) is 18.5 Å². The van der Waals surface area contributed by atoms with Crippen molar-refractivity contribution in [2.45, 2.75) is 70.6 Å². The number of aromatic amines is 1. The number of aromatic nitrogens is 1. The Balaban J connectivity index is 2.21. The van der Waals surface area contributed by atoms with Crippen molar-refractivity contribution in [1.82, 2.24) is 4.98 Å². The Morgan fingerprint density at radius 3 is 2.12 bits per heavy atom. The minimum Gasteiger partial charge on any atom is -0.465 e. The van der Waals surface area contributed by atoms with Gasteiger partial charge in [0.15, 0.2) is 0 Å². The zero-order chi connectivity index (χ0) is 30.4. The second-order valence-electron chi connectivity index (χ2n) is 10.5. The van der Waals surface area contributed by atoms with E-state index in [0.29, 0.717) is 46.9 Å². The van der Waals surface area contributed by atoms with Crippen molar-refractivity contribution in [3.8, 4) is 0 Å². The molecule has 4 rings (SSSR count). The van der Waals surface area contributed by atoms with Gasteiger partial charge in [-0.1, -0.05) is 75.4 Å². The van der Waals surface area contributed by atoms with Gasteiger partial charge >= 0.3 is 11.9 Å². The van der Waals surface area contributed by atoms with Gasteiger partial charge in [-0.15, -0.1) is 0 Å². The lowest BCUT2D eigenvalue weighted by Gasteiger charge is -2.30. The van der Waals surface area contributed by atoms with Crippen LogP contribution in [0.5, 0.6) is 0 Å². The van der Waals surface area contributed by atoms with Crippen molar-refractivity contribution < 1.29 is 27.5 Å². The van der Waals surface area contributed by atoms with E-state index in [4.69, 9.17) is 9.47 Å². The first-order valence-corrected chi connectivity index (χ1v) is 16.0. The van der Waals surface area contributed by atoms with Crippen molar-refractivity contribution in [2.75, 3.05) is 25.1 Å². The number of hydrogen-bond acceptors (Lipinski definition) is 6. The van der Waals surface area contributed by atoms with E-state index in [0.717, 1.165) is 36.6 Å². The van der Waals surface area contributed by atoms with Gasteiger partial charge in [0.2, 0.25) is 0 Å². The quantitative estimate of drug-likeness (QED) is 0.129. The fourth-order valence-corrected chi connectivity index (χ4v) is 7.04. The van der Waals surface area contributed by atoms with Crippen LogP contribution in [0.4, 0.5) is 5.69 Å². The van der Waals surface area contributed by atoms with E-state index in [-0.39, 0.29) is 22.6 Å². The number of carbonyl (C=O) groups is 2. The van der Waals surface area contributed by atoms with E-state index in [2.05, 4.69) is 11.9 Å². The van der Waals surface area contributed by atoms with Crippen molar-refractivity contribution in [1.29, 1.82) is 0 Å². The number of nitrogens with one attached hydrogen (secondary N) is 1. The first-order valence-electron chi connectivity index (χ1n) is 14.6. The number of para-hydroxylation sites is 1. The molecule has 0 saturated carbocycles. The average molecular weight is 593 g/mol. The molecule has 0 bridgehead atoms. The highest BCUT2D eigenvalue weighted by atomic mass is 32.2. The molecule has 224 valence electrons. The number of rotatable bonds is 13. The van der Waals surface area contributed by atoms with Crippen LogP contribution in [0.3, 0.4) is 0 Å². The van der Waals surface area contributed by atoms with Crippen molar-refractivity contribution in [2.24, 2.45) is 0 Å². The number of fused-ring (bicyclic) bond motifs is 3. The number of anilines is 1. The highest BCUT2D eigenvalue weighted by Gasteiger charge is 2.36. The van der Waals surface area contributed by atoms with Gasteiger partial charge in [0.1, 0.15) is 0 Å². The lowest BCUT2D eigenvalue weighted by molar-refractivity contribution is 0.0556. The highest BCUT2D eigenvalue weighted by Crippen LogP contribution is 2.44. The number of nitrogens with zero attached hydrogens (tertiary/aromatic N) is 1. The molecule has 0 spiro atoms. The molecule has 0 aliphatic carbocycles. The maximum atomic E-state index is 14.5.